The van der Waals surface area contributed by atoms with Crippen molar-refractivity contribution < 1.29 is 18.7 Å². The molecule has 0 spiro atoms. The molecule has 2 rings (SSSR count). The molecular formula is C17H15FINO3. The van der Waals surface area contributed by atoms with Crippen molar-refractivity contribution in [3.05, 3.63) is 69.0 Å². The molecule has 0 bridgehead atoms. The van der Waals surface area contributed by atoms with Gasteiger partial charge >= 0.3 is 5.97 Å². The first-order chi connectivity index (χ1) is 11.0. The van der Waals surface area contributed by atoms with E-state index in [1.54, 1.807) is 0 Å². The van der Waals surface area contributed by atoms with Gasteiger partial charge < -0.3 is 10.1 Å². The highest BCUT2D eigenvalue weighted by molar-refractivity contribution is 14.1. The molecule has 120 valence electrons. The Kier molecular flexibility index (Phi) is 6.09. The van der Waals surface area contributed by atoms with E-state index < -0.39 is 23.7 Å². The van der Waals surface area contributed by atoms with Crippen LogP contribution in [0.4, 0.5) is 4.39 Å². The van der Waals surface area contributed by atoms with Gasteiger partial charge in [0.05, 0.1) is 7.11 Å². The quantitative estimate of drug-likeness (QED) is 0.590. The number of esters is 1. The van der Waals surface area contributed by atoms with E-state index in [1.165, 1.54) is 31.4 Å². The fraction of sp³-hybridized carbons (Fsp3) is 0.176. The Morgan fingerprint density at radius 2 is 1.74 bits per heavy atom. The van der Waals surface area contributed by atoms with Crippen LogP contribution in [0.25, 0.3) is 0 Å². The van der Waals surface area contributed by atoms with E-state index in [0.29, 0.717) is 6.42 Å². The fourth-order valence-corrected chi connectivity index (χ4v) is 2.39. The number of rotatable bonds is 5. The zero-order chi connectivity index (χ0) is 16.8. The first kappa shape index (κ1) is 17.4. The second kappa shape index (κ2) is 8.05. The molecule has 0 heterocycles. The lowest BCUT2D eigenvalue weighted by atomic mass is 10.1. The summed E-state index contributed by atoms with van der Waals surface area (Å²) in [6, 6.07) is 11.9. The van der Waals surface area contributed by atoms with Crippen molar-refractivity contribution >= 4 is 34.5 Å². The van der Waals surface area contributed by atoms with Crippen molar-refractivity contribution in [2.45, 2.75) is 12.5 Å². The Hall–Kier alpha value is -1.96. The summed E-state index contributed by atoms with van der Waals surface area (Å²) >= 11 is 2.19. The van der Waals surface area contributed by atoms with Crippen LogP contribution in [0.1, 0.15) is 15.9 Å². The maximum atomic E-state index is 12.9. The molecule has 2 aromatic rings. The van der Waals surface area contributed by atoms with Gasteiger partial charge in [0.2, 0.25) is 0 Å². The number of benzene rings is 2. The predicted molar refractivity (Wildman–Crippen MR) is 92.5 cm³/mol. The highest BCUT2D eigenvalue weighted by Crippen LogP contribution is 2.10. The topological polar surface area (TPSA) is 55.4 Å². The minimum atomic E-state index is -0.808. The van der Waals surface area contributed by atoms with Gasteiger partial charge in [0.15, 0.2) is 0 Å². The second-order valence-electron chi connectivity index (χ2n) is 4.89. The molecule has 23 heavy (non-hydrogen) atoms. The molecule has 1 N–H and O–H groups in total. The molecular weight excluding hydrogens is 412 g/mol. The highest BCUT2D eigenvalue weighted by Gasteiger charge is 2.22. The largest absolute Gasteiger partial charge is 0.467 e. The number of carbonyl (C=O) groups excluding carboxylic acids is 2. The van der Waals surface area contributed by atoms with E-state index in [9.17, 15) is 14.0 Å². The summed E-state index contributed by atoms with van der Waals surface area (Å²) in [4.78, 5) is 24.1. The Bertz CT molecular complexity index is 686. The van der Waals surface area contributed by atoms with Crippen molar-refractivity contribution in [3.8, 4) is 0 Å². The molecule has 1 amide bonds. The molecule has 0 saturated carbocycles. The van der Waals surface area contributed by atoms with Crippen LogP contribution in [-0.2, 0) is 16.0 Å². The number of amides is 1. The molecule has 0 fully saturated rings. The van der Waals surface area contributed by atoms with Crippen LogP contribution >= 0.6 is 22.6 Å². The van der Waals surface area contributed by atoms with Crippen molar-refractivity contribution in [3.63, 3.8) is 0 Å². The summed E-state index contributed by atoms with van der Waals surface area (Å²) in [5.41, 5.74) is 1.18. The number of hydrogen-bond acceptors (Lipinski definition) is 3. The lowest BCUT2D eigenvalue weighted by molar-refractivity contribution is -0.142. The van der Waals surface area contributed by atoms with Crippen LogP contribution < -0.4 is 5.32 Å². The van der Waals surface area contributed by atoms with E-state index in [0.717, 1.165) is 9.13 Å². The summed E-state index contributed by atoms with van der Waals surface area (Å²) in [5, 5.41) is 2.63. The molecule has 0 radical (unpaired) electrons. The van der Waals surface area contributed by atoms with Gasteiger partial charge in [-0.05, 0) is 64.6 Å². The molecule has 0 aliphatic carbocycles. The molecule has 0 aliphatic rings. The average molecular weight is 427 g/mol. The summed E-state index contributed by atoms with van der Waals surface area (Å²) in [7, 11) is 1.27. The zero-order valence-corrected chi connectivity index (χ0v) is 14.5. The van der Waals surface area contributed by atoms with Gasteiger partial charge in [0.25, 0.3) is 5.91 Å². The third-order valence-corrected chi connectivity index (χ3v) is 3.97. The van der Waals surface area contributed by atoms with E-state index >= 15 is 0 Å². The number of halogens is 2. The third-order valence-electron chi connectivity index (χ3n) is 3.25. The number of methoxy groups -OCH3 is 1. The van der Waals surface area contributed by atoms with Crippen LogP contribution in [0.2, 0.25) is 0 Å². The van der Waals surface area contributed by atoms with E-state index in [2.05, 4.69) is 27.9 Å². The van der Waals surface area contributed by atoms with E-state index in [4.69, 9.17) is 4.74 Å². The molecule has 1 atom stereocenters. The molecule has 0 unspecified atom stereocenters. The summed E-state index contributed by atoms with van der Waals surface area (Å²) in [5.74, 6) is -1.41. The Labute approximate surface area is 147 Å². The van der Waals surface area contributed by atoms with Crippen molar-refractivity contribution in [1.82, 2.24) is 5.32 Å². The van der Waals surface area contributed by atoms with Gasteiger partial charge in [0.1, 0.15) is 11.9 Å². The first-order valence-corrected chi connectivity index (χ1v) is 7.96. The Morgan fingerprint density at radius 3 is 2.30 bits per heavy atom. The van der Waals surface area contributed by atoms with Crippen LogP contribution in [0.5, 0.6) is 0 Å². The molecule has 0 saturated heterocycles. The van der Waals surface area contributed by atoms with Gasteiger partial charge in [-0.15, -0.1) is 0 Å². The zero-order valence-electron chi connectivity index (χ0n) is 12.4. The van der Waals surface area contributed by atoms with Crippen LogP contribution in [-0.4, -0.2) is 25.0 Å². The smallest absolute Gasteiger partial charge is 0.328 e. The van der Waals surface area contributed by atoms with Gasteiger partial charge in [-0.3, -0.25) is 4.79 Å². The monoisotopic (exact) mass is 427 g/mol. The Balaban J connectivity index is 2.12. The molecule has 0 aromatic heterocycles. The number of nitrogens with one attached hydrogen (secondary N) is 1. The molecule has 4 nitrogen and oxygen atoms in total. The van der Waals surface area contributed by atoms with Crippen molar-refractivity contribution in [1.29, 1.82) is 0 Å². The number of ether oxygens (including phenoxy) is 1. The van der Waals surface area contributed by atoms with Crippen molar-refractivity contribution in [2.24, 2.45) is 0 Å². The van der Waals surface area contributed by atoms with Gasteiger partial charge in [-0.1, -0.05) is 12.1 Å². The summed E-state index contributed by atoms with van der Waals surface area (Å²) < 4.78 is 18.7. The van der Waals surface area contributed by atoms with Crippen LogP contribution in [0.15, 0.2) is 48.5 Å². The van der Waals surface area contributed by atoms with E-state index in [-0.39, 0.29) is 5.56 Å². The summed E-state index contributed by atoms with van der Waals surface area (Å²) in [6.07, 6.45) is 0.316. The first-order valence-electron chi connectivity index (χ1n) is 6.88. The SMILES string of the molecule is COC(=O)[C@H](Cc1ccc(I)cc1)NC(=O)c1ccc(F)cc1. The van der Waals surface area contributed by atoms with Crippen LogP contribution in [0, 0.1) is 9.39 Å². The lowest BCUT2D eigenvalue weighted by Gasteiger charge is -2.16. The number of carbonyl (C=O) groups is 2. The molecule has 2 aromatic carbocycles. The fourth-order valence-electron chi connectivity index (χ4n) is 2.03. The van der Waals surface area contributed by atoms with Gasteiger partial charge in [-0.2, -0.15) is 0 Å². The predicted octanol–water partition coefficient (Wildman–Crippen LogP) is 2.94. The second-order valence-corrected chi connectivity index (χ2v) is 6.13. The maximum absolute atomic E-state index is 12.9. The number of hydrogen-bond donors (Lipinski definition) is 1. The van der Waals surface area contributed by atoms with Crippen LogP contribution in [0.3, 0.4) is 0 Å². The minimum absolute atomic E-state index is 0.280. The highest BCUT2D eigenvalue weighted by atomic mass is 127. The maximum Gasteiger partial charge on any atom is 0.328 e. The molecule has 0 aliphatic heterocycles. The Morgan fingerprint density at radius 1 is 1.13 bits per heavy atom. The van der Waals surface area contributed by atoms with Gasteiger partial charge in [0, 0.05) is 15.6 Å². The summed E-state index contributed by atoms with van der Waals surface area (Å²) in [6.45, 7) is 0. The standard InChI is InChI=1S/C17H15FINO3/c1-23-17(22)15(10-11-2-8-14(19)9-3-11)20-16(21)12-4-6-13(18)7-5-12/h2-9,15H,10H2,1H3,(H,20,21)/t15-/m0/s1. The minimum Gasteiger partial charge on any atom is -0.467 e. The third kappa shape index (κ3) is 5.02. The molecule has 6 heteroatoms. The lowest BCUT2D eigenvalue weighted by Crippen LogP contribution is -2.43. The van der Waals surface area contributed by atoms with Gasteiger partial charge in [-0.25, -0.2) is 9.18 Å². The average Bonchev–Trinajstić information content (AvgIpc) is 2.56. The van der Waals surface area contributed by atoms with E-state index in [1.807, 2.05) is 24.3 Å². The normalized spacial score (nSPS) is 11.6. The van der Waals surface area contributed by atoms with Crippen molar-refractivity contribution in [2.75, 3.05) is 7.11 Å².